The van der Waals surface area contributed by atoms with E-state index < -0.39 is 0 Å². The van der Waals surface area contributed by atoms with Crippen LogP contribution in [0.2, 0.25) is 0 Å². The number of aromatic nitrogens is 3. The molecule has 0 aliphatic heterocycles. The number of fused-ring (bicyclic) bond motifs is 3. The summed E-state index contributed by atoms with van der Waals surface area (Å²) in [6.07, 6.45) is 8.46. The Kier molecular flexibility index (Phi) is 7.35. The Morgan fingerprint density at radius 2 is 1.05 bits per heavy atom. The van der Waals surface area contributed by atoms with Crippen molar-refractivity contribution in [1.82, 2.24) is 15.0 Å². The highest BCUT2D eigenvalue weighted by atomic mass is 16.3. The third-order valence-corrected chi connectivity index (χ3v) is 12.7. The van der Waals surface area contributed by atoms with Gasteiger partial charge in [0.05, 0.1) is 11.6 Å². The minimum atomic E-state index is 0.369. The number of benzene rings is 6. The number of furan rings is 1. The topological polar surface area (TPSA) is 75.6 Å². The number of hydrogen-bond acceptors (Lipinski definition) is 5. The van der Waals surface area contributed by atoms with E-state index in [1.165, 1.54) is 49.7 Å². The maximum absolute atomic E-state index is 9.53. The van der Waals surface area contributed by atoms with Gasteiger partial charge in [-0.25, -0.2) is 15.0 Å². The van der Waals surface area contributed by atoms with E-state index in [9.17, 15) is 5.26 Å². The summed E-state index contributed by atoms with van der Waals surface area (Å²) in [6, 6.07) is 50.6. The largest absolute Gasteiger partial charge is 0.456 e. The van der Waals surface area contributed by atoms with Gasteiger partial charge in [0.1, 0.15) is 11.2 Å². The van der Waals surface area contributed by atoms with E-state index >= 15 is 0 Å². The monoisotopic (exact) mass is 710 g/mol. The number of nitriles is 1. The molecule has 4 aliphatic carbocycles. The number of rotatable bonds is 6. The van der Waals surface area contributed by atoms with Gasteiger partial charge in [0, 0.05) is 27.5 Å². The normalized spacial score (nSPS) is 21.3. The maximum Gasteiger partial charge on any atom is 0.164 e. The molecule has 12 rings (SSSR count). The highest BCUT2D eigenvalue weighted by Gasteiger charge is 2.51. The molecule has 4 fully saturated rings. The van der Waals surface area contributed by atoms with Crippen LogP contribution in [0.3, 0.4) is 0 Å². The first-order valence-corrected chi connectivity index (χ1v) is 19.6. The highest BCUT2D eigenvalue weighted by molar-refractivity contribution is 6.06. The summed E-state index contributed by atoms with van der Waals surface area (Å²) in [5.74, 6) is 4.66. The first-order valence-electron chi connectivity index (χ1n) is 19.6. The lowest BCUT2D eigenvalue weighted by molar-refractivity contribution is -0.00518. The molecule has 4 bridgehead atoms. The lowest BCUT2D eigenvalue weighted by Crippen LogP contribution is -2.48. The minimum absolute atomic E-state index is 0.369. The van der Waals surface area contributed by atoms with Crippen molar-refractivity contribution in [1.29, 1.82) is 5.26 Å². The van der Waals surface area contributed by atoms with E-state index in [-0.39, 0.29) is 0 Å². The molecule has 8 aromatic rings. The minimum Gasteiger partial charge on any atom is -0.456 e. The molecular formula is C50H38N4O. The Morgan fingerprint density at radius 3 is 1.78 bits per heavy atom. The van der Waals surface area contributed by atoms with Crippen molar-refractivity contribution < 1.29 is 4.42 Å². The van der Waals surface area contributed by atoms with Gasteiger partial charge in [0.2, 0.25) is 0 Å². The smallest absolute Gasteiger partial charge is 0.164 e. The van der Waals surface area contributed by atoms with Gasteiger partial charge in [-0.15, -0.1) is 0 Å². The van der Waals surface area contributed by atoms with Gasteiger partial charge in [-0.2, -0.15) is 5.26 Å². The second-order valence-corrected chi connectivity index (χ2v) is 16.2. The molecule has 2 heterocycles. The van der Waals surface area contributed by atoms with Gasteiger partial charge in [0.25, 0.3) is 0 Å². The molecule has 0 unspecified atom stereocenters. The molecular weight excluding hydrogens is 673 g/mol. The molecule has 0 amide bonds. The average Bonchev–Trinajstić information content (AvgIpc) is 3.61. The Bertz CT molecular complexity index is 2780. The maximum atomic E-state index is 9.53. The summed E-state index contributed by atoms with van der Waals surface area (Å²) in [6.45, 7) is 0. The molecule has 4 saturated carbocycles. The first kappa shape index (κ1) is 32.1. The van der Waals surface area contributed by atoms with Crippen LogP contribution >= 0.6 is 0 Å². The van der Waals surface area contributed by atoms with E-state index in [1.807, 2.05) is 36.4 Å². The molecule has 0 saturated heterocycles. The average molecular weight is 711 g/mol. The lowest BCUT2D eigenvalue weighted by Gasteiger charge is -2.57. The molecule has 264 valence electrons. The Hall–Kier alpha value is -6.38. The van der Waals surface area contributed by atoms with E-state index in [1.54, 1.807) is 6.07 Å². The molecule has 0 radical (unpaired) electrons. The van der Waals surface area contributed by atoms with Crippen LogP contribution in [0.5, 0.6) is 0 Å². The molecule has 4 aliphatic rings. The van der Waals surface area contributed by atoms with Gasteiger partial charge in [-0.3, -0.25) is 0 Å². The molecule has 0 spiro atoms. The fourth-order valence-electron chi connectivity index (χ4n) is 10.6. The SMILES string of the molecule is N#Cc1ccc2oc3ccc(-c4cccc(-c5nc(-c6ccccc6)nc(-c6ccccc6-c6ccc(C78C[C@H]9C[C@@H](C7)C[C@@H](C8)C9)cc6)n5)c4)cc3c2c1. The van der Waals surface area contributed by atoms with Crippen LogP contribution in [0.15, 0.2) is 144 Å². The van der Waals surface area contributed by atoms with Gasteiger partial charge in [-0.1, -0.05) is 103 Å². The second kappa shape index (κ2) is 12.6. The molecule has 55 heavy (non-hydrogen) atoms. The second-order valence-electron chi connectivity index (χ2n) is 16.2. The fraction of sp³-hybridized carbons (Fsp3) is 0.200. The van der Waals surface area contributed by atoms with Crippen LogP contribution in [-0.4, -0.2) is 15.0 Å². The zero-order valence-corrected chi connectivity index (χ0v) is 30.5. The first-order chi connectivity index (χ1) is 27.1. The van der Waals surface area contributed by atoms with Crippen molar-refractivity contribution in [2.45, 2.75) is 43.9 Å². The fourth-order valence-corrected chi connectivity index (χ4v) is 10.6. The van der Waals surface area contributed by atoms with Crippen molar-refractivity contribution in [3.05, 3.63) is 151 Å². The van der Waals surface area contributed by atoms with Crippen LogP contribution in [0.4, 0.5) is 0 Å². The predicted octanol–water partition coefficient (Wildman–Crippen LogP) is 12.4. The molecule has 0 N–H and O–H groups in total. The lowest BCUT2D eigenvalue weighted by atomic mass is 9.48. The number of nitrogens with zero attached hydrogens (tertiary/aromatic N) is 4. The summed E-state index contributed by atoms with van der Waals surface area (Å²) in [5.41, 5.74) is 11.3. The van der Waals surface area contributed by atoms with E-state index in [0.717, 1.165) is 73.1 Å². The van der Waals surface area contributed by atoms with Crippen LogP contribution in [0.1, 0.15) is 49.7 Å². The number of hydrogen-bond donors (Lipinski definition) is 0. The predicted molar refractivity (Wildman–Crippen MR) is 219 cm³/mol. The summed E-state index contributed by atoms with van der Waals surface area (Å²) < 4.78 is 6.11. The van der Waals surface area contributed by atoms with Gasteiger partial charge in [0.15, 0.2) is 17.5 Å². The standard InChI is InChI=1S/C50H38N4O/c51-30-31-13-19-45-43(24-31)44-26-38(16-20-46(44)55-45)37-9-6-10-39(25-37)48-52-47(36-7-2-1-3-8-36)53-49(54-48)42-12-5-4-11-41(42)35-14-17-40(18-15-35)50-27-32-21-33(28-50)23-34(22-32)29-50/h1-20,24-26,32-34H,21-23,27-29H2/t32-,33+,34-,50?. The Balaban J connectivity index is 0.990. The summed E-state index contributed by atoms with van der Waals surface area (Å²) in [5, 5.41) is 11.4. The van der Waals surface area contributed by atoms with Crippen molar-refractivity contribution in [3.8, 4) is 62.5 Å². The molecule has 5 heteroatoms. The third kappa shape index (κ3) is 5.55. The molecule has 5 nitrogen and oxygen atoms in total. The third-order valence-electron chi connectivity index (χ3n) is 12.7. The van der Waals surface area contributed by atoms with Crippen LogP contribution < -0.4 is 0 Å². The van der Waals surface area contributed by atoms with Crippen molar-refractivity contribution in [2.75, 3.05) is 0 Å². The van der Waals surface area contributed by atoms with Crippen LogP contribution in [0.25, 0.3) is 78.4 Å². The quantitative estimate of drug-likeness (QED) is 0.172. The summed E-state index contributed by atoms with van der Waals surface area (Å²) in [4.78, 5) is 15.4. The van der Waals surface area contributed by atoms with Gasteiger partial charge >= 0.3 is 0 Å². The van der Waals surface area contributed by atoms with Crippen LogP contribution in [-0.2, 0) is 5.41 Å². The van der Waals surface area contributed by atoms with Gasteiger partial charge < -0.3 is 4.42 Å². The zero-order valence-electron chi connectivity index (χ0n) is 30.5. The zero-order chi connectivity index (χ0) is 36.5. The van der Waals surface area contributed by atoms with Crippen LogP contribution in [0, 0.1) is 29.1 Å². The van der Waals surface area contributed by atoms with Gasteiger partial charge in [-0.05, 0) is 126 Å². The Labute approximate surface area is 320 Å². The molecule has 6 aromatic carbocycles. The van der Waals surface area contributed by atoms with Crippen molar-refractivity contribution in [2.24, 2.45) is 17.8 Å². The molecule has 2 aromatic heterocycles. The van der Waals surface area contributed by atoms with E-state index in [2.05, 4.69) is 103 Å². The highest BCUT2D eigenvalue weighted by Crippen LogP contribution is 2.60. The van der Waals surface area contributed by atoms with Crippen molar-refractivity contribution >= 4 is 21.9 Å². The van der Waals surface area contributed by atoms with E-state index in [4.69, 9.17) is 19.4 Å². The molecule has 0 atom stereocenters. The van der Waals surface area contributed by atoms with E-state index in [0.29, 0.717) is 28.5 Å². The summed E-state index contributed by atoms with van der Waals surface area (Å²) in [7, 11) is 0. The summed E-state index contributed by atoms with van der Waals surface area (Å²) >= 11 is 0. The Morgan fingerprint density at radius 1 is 0.491 bits per heavy atom. The van der Waals surface area contributed by atoms with Crippen molar-refractivity contribution in [3.63, 3.8) is 0 Å².